The SMILES string of the molecule is N[C@H]1CCN(c2ccc3c(c2)CCN(C(=O)O)C3)C1=O. The molecule has 106 valence electrons. The highest BCUT2D eigenvalue weighted by Gasteiger charge is 2.30. The number of fused-ring (bicyclic) bond motifs is 1. The van der Waals surface area contributed by atoms with Gasteiger partial charge in [0, 0.05) is 25.3 Å². The number of hydrogen-bond acceptors (Lipinski definition) is 3. The molecule has 1 aromatic carbocycles. The Labute approximate surface area is 116 Å². The van der Waals surface area contributed by atoms with E-state index in [-0.39, 0.29) is 5.91 Å². The van der Waals surface area contributed by atoms with E-state index in [4.69, 9.17) is 10.8 Å². The average Bonchev–Trinajstić information content (AvgIpc) is 2.78. The Hall–Kier alpha value is -2.08. The zero-order valence-electron chi connectivity index (χ0n) is 11.1. The van der Waals surface area contributed by atoms with Gasteiger partial charge in [-0.3, -0.25) is 4.79 Å². The molecule has 6 heteroatoms. The monoisotopic (exact) mass is 275 g/mol. The van der Waals surface area contributed by atoms with Crippen LogP contribution >= 0.6 is 0 Å². The van der Waals surface area contributed by atoms with Crippen LogP contribution in [0.2, 0.25) is 0 Å². The van der Waals surface area contributed by atoms with Crippen LogP contribution in [-0.4, -0.2) is 41.1 Å². The second-order valence-electron chi connectivity index (χ2n) is 5.29. The van der Waals surface area contributed by atoms with E-state index in [9.17, 15) is 9.59 Å². The number of carboxylic acid groups (broad SMARTS) is 1. The third kappa shape index (κ3) is 2.12. The van der Waals surface area contributed by atoms with Crippen molar-refractivity contribution in [2.45, 2.75) is 25.4 Å². The molecule has 0 radical (unpaired) electrons. The van der Waals surface area contributed by atoms with E-state index in [1.807, 2.05) is 18.2 Å². The van der Waals surface area contributed by atoms with Gasteiger partial charge in [-0.25, -0.2) is 4.79 Å². The molecule has 3 N–H and O–H groups in total. The third-order valence-electron chi connectivity index (χ3n) is 4.03. The second kappa shape index (κ2) is 4.79. The first-order valence-electron chi connectivity index (χ1n) is 6.73. The van der Waals surface area contributed by atoms with Crippen molar-refractivity contribution in [1.29, 1.82) is 0 Å². The summed E-state index contributed by atoms with van der Waals surface area (Å²) in [5, 5.41) is 9.01. The largest absolute Gasteiger partial charge is 0.465 e. The summed E-state index contributed by atoms with van der Waals surface area (Å²) in [7, 11) is 0. The van der Waals surface area contributed by atoms with Gasteiger partial charge in [0.05, 0.1) is 6.04 Å². The fourth-order valence-corrected chi connectivity index (χ4v) is 2.83. The molecule has 2 aliphatic rings. The maximum absolute atomic E-state index is 11.9. The van der Waals surface area contributed by atoms with E-state index < -0.39 is 12.1 Å². The predicted molar refractivity (Wildman–Crippen MR) is 73.5 cm³/mol. The molecule has 0 spiro atoms. The molecule has 0 aliphatic carbocycles. The highest BCUT2D eigenvalue weighted by Crippen LogP contribution is 2.27. The lowest BCUT2D eigenvalue weighted by atomic mass is 9.99. The Kier molecular flexibility index (Phi) is 3.10. The summed E-state index contributed by atoms with van der Waals surface area (Å²) in [6.45, 7) is 1.57. The number of carbonyl (C=O) groups is 2. The molecule has 0 saturated carbocycles. The fraction of sp³-hybridized carbons (Fsp3) is 0.429. The Balaban J connectivity index is 1.84. The van der Waals surface area contributed by atoms with Crippen molar-refractivity contribution in [2.24, 2.45) is 5.73 Å². The molecule has 1 atom stereocenters. The molecule has 2 aliphatic heterocycles. The molecule has 2 amide bonds. The van der Waals surface area contributed by atoms with Crippen molar-refractivity contribution in [3.8, 4) is 0 Å². The summed E-state index contributed by atoms with van der Waals surface area (Å²) in [5.74, 6) is -0.0343. The lowest BCUT2D eigenvalue weighted by molar-refractivity contribution is -0.118. The van der Waals surface area contributed by atoms with Crippen LogP contribution in [0, 0.1) is 0 Å². The van der Waals surface area contributed by atoms with Gasteiger partial charge in [-0.05, 0) is 36.1 Å². The topological polar surface area (TPSA) is 86.9 Å². The van der Waals surface area contributed by atoms with Gasteiger partial charge >= 0.3 is 6.09 Å². The van der Waals surface area contributed by atoms with Crippen molar-refractivity contribution >= 4 is 17.7 Å². The zero-order valence-corrected chi connectivity index (χ0v) is 11.1. The fourth-order valence-electron chi connectivity index (χ4n) is 2.83. The number of nitrogens with zero attached hydrogens (tertiary/aromatic N) is 2. The number of nitrogens with two attached hydrogens (primary N) is 1. The summed E-state index contributed by atoms with van der Waals surface area (Å²) >= 11 is 0. The minimum Gasteiger partial charge on any atom is -0.465 e. The van der Waals surface area contributed by atoms with E-state index in [1.165, 1.54) is 4.90 Å². The molecular weight excluding hydrogens is 258 g/mol. The van der Waals surface area contributed by atoms with Gasteiger partial charge in [0.2, 0.25) is 5.91 Å². The summed E-state index contributed by atoms with van der Waals surface area (Å²) < 4.78 is 0. The number of benzene rings is 1. The average molecular weight is 275 g/mol. The van der Waals surface area contributed by atoms with E-state index in [0.29, 0.717) is 32.5 Å². The predicted octanol–water partition coefficient (Wildman–Crippen LogP) is 0.787. The number of hydrogen-bond donors (Lipinski definition) is 2. The van der Waals surface area contributed by atoms with Gasteiger partial charge in [0.25, 0.3) is 0 Å². The van der Waals surface area contributed by atoms with E-state index in [2.05, 4.69) is 0 Å². The van der Waals surface area contributed by atoms with Crippen molar-refractivity contribution in [2.75, 3.05) is 18.0 Å². The molecule has 0 unspecified atom stereocenters. The Morgan fingerprint density at radius 1 is 1.30 bits per heavy atom. The molecule has 6 nitrogen and oxygen atoms in total. The van der Waals surface area contributed by atoms with Crippen LogP contribution in [0.1, 0.15) is 17.5 Å². The second-order valence-corrected chi connectivity index (χ2v) is 5.29. The molecule has 1 saturated heterocycles. The van der Waals surface area contributed by atoms with Crippen molar-refractivity contribution in [1.82, 2.24) is 4.90 Å². The smallest absolute Gasteiger partial charge is 0.407 e. The van der Waals surface area contributed by atoms with Crippen LogP contribution in [-0.2, 0) is 17.8 Å². The van der Waals surface area contributed by atoms with Gasteiger partial charge < -0.3 is 20.6 Å². The molecule has 3 rings (SSSR count). The third-order valence-corrected chi connectivity index (χ3v) is 4.03. The highest BCUT2D eigenvalue weighted by molar-refractivity contribution is 5.99. The lowest BCUT2D eigenvalue weighted by Crippen LogP contribution is -2.36. The Morgan fingerprint density at radius 2 is 2.10 bits per heavy atom. The van der Waals surface area contributed by atoms with Gasteiger partial charge in [0.1, 0.15) is 0 Å². The van der Waals surface area contributed by atoms with Crippen molar-refractivity contribution < 1.29 is 14.7 Å². The molecular formula is C14H17N3O3. The quantitative estimate of drug-likeness (QED) is 0.793. The molecule has 20 heavy (non-hydrogen) atoms. The molecule has 2 heterocycles. The number of carbonyl (C=O) groups excluding carboxylic acids is 1. The summed E-state index contributed by atoms with van der Waals surface area (Å²) in [4.78, 5) is 26.0. The van der Waals surface area contributed by atoms with Crippen LogP contribution in [0.25, 0.3) is 0 Å². The maximum Gasteiger partial charge on any atom is 0.407 e. The highest BCUT2D eigenvalue weighted by atomic mass is 16.4. The van der Waals surface area contributed by atoms with E-state index >= 15 is 0 Å². The first-order chi connectivity index (χ1) is 9.56. The zero-order chi connectivity index (χ0) is 14.3. The lowest BCUT2D eigenvalue weighted by Gasteiger charge is -2.27. The number of rotatable bonds is 1. The minimum atomic E-state index is -0.888. The Bertz CT molecular complexity index is 573. The van der Waals surface area contributed by atoms with Gasteiger partial charge in [-0.15, -0.1) is 0 Å². The minimum absolute atomic E-state index is 0.0343. The van der Waals surface area contributed by atoms with Crippen LogP contribution in [0.5, 0.6) is 0 Å². The Morgan fingerprint density at radius 3 is 2.75 bits per heavy atom. The normalized spacial score (nSPS) is 22.1. The van der Waals surface area contributed by atoms with E-state index in [1.54, 1.807) is 4.90 Å². The first-order valence-corrected chi connectivity index (χ1v) is 6.73. The summed E-state index contributed by atoms with van der Waals surface area (Å²) in [6.07, 6.45) is 0.479. The van der Waals surface area contributed by atoms with E-state index in [0.717, 1.165) is 16.8 Å². The van der Waals surface area contributed by atoms with Crippen LogP contribution < -0.4 is 10.6 Å². The number of anilines is 1. The first kappa shape index (κ1) is 12.9. The van der Waals surface area contributed by atoms with Crippen LogP contribution in [0.3, 0.4) is 0 Å². The molecule has 0 aromatic heterocycles. The van der Waals surface area contributed by atoms with Gasteiger partial charge in [0.15, 0.2) is 0 Å². The molecule has 0 bridgehead atoms. The van der Waals surface area contributed by atoms with Crippen LogP contribution in [0.4, 0.5) is 10.5 Å². The van der Waals surface area contributed by atoms with Crippen LogP contribution in [0.15, 0.2) is 18.2 Å². The summed E-state index contributed by atoms with van der Waals surface area (Å²) in [5.41, 5.74) is 8.73. The molecule has 1 fully saturated rings. The number of amides is 2. The van der Waals surface area contributed by atoms with Gasteiger partial charge in [-0.1, -0.05) is 6.07 Å². The van der Waals surface area contributed by atoms with Crippen molar-refractivity contribution in [3.05, 3.63) is 29.3 Å². The van der Waals surface area contributed by atoms with Crippen molar-refractivity contribution in [3.63, 3.8) is 0 Å². The summed E-state index contributed by atoms with van der Waals surface area (Å²) in [6, 6.07) is 5.38. The maximum atomic E-state index is 11.9. The standard InChI is InChI=1S/C14H17N3O3/c15-12-4-6-17(13(12)18)11-2-1-10-8-16(14(19)20)5-3-9(10)7-11/h1-2,7,12H,3-6,8,15H2,(H,19,20)/t12-/m0/s1. The van der Waals surface area contributed by atoms with Gasteiger partial charge in [-0.2, -0.15) is 0 Å². The molecule has 1 aromatic rings.